The molecular weight excluding hydrogens is 833 g/mol. The second-order valence-corrected chi connectivity index (χ2v) is 17.5. The number of likely N-dealkylation sites (N-methyl/N-ethyl adjacent to an activating group) is 1. The van der Waals surface area contributed by atoms with Crippen molar-refractivity contribution < 1.29 is 66.3 Å². The van der Waals surface area contributed by atoms with Gasteiger partial charge in [-0.25, -0.2) is 14.7 Å². The minimum absolute atomic E-state index is 0.0780. The van der Waals surface area contributed by atoms with Gasteiger partial charge in [-0.2, -0.15) is 18.3 Å². The number of nitrogens with zero attached hydrogens (tertiary/aromatic N) is 6. The van der Waals surface area contributed by atoms with Crippen molar-refractivity contribution in [3.05, 3.63) is 41.9 Å². The number of carbonyl (C=O) groups excluding carboxylic acids is 3. The third-order valence-corrected chi connectivity index (χ3v) is 12.1. The van der Waals surface area contributed by atoms with Crippen LogP contribution in [-0.4, -0.2) is 140 Å². The highest BCUT2D eigenvalue weighted by Gasteiger charge is 2.52. The van der Waals surface area contributed by atoms with E-state index in [1.54, 1.807) is 26.8 Å². The standard InChI is InChI=1S/C43H61F3N6O11/c1-11-33-42(8,57)34-17-30(48-27(6)53)23(2)18-41(7,38(25(4)36(54)26(5)39(56)62-33)63-40-37(55)31(51(9)10)16-24(3)61-40)59-22-29(21-58-34)50-60-20-28-12-13-35(47-19-28)52-15-14-32(49-52)43(44,45)46/h12-15,19,23-26,31,33-34,37-38,40,55,57H,11,16-18,20-22H2,1-10H3/b48-30?,50-29-/t23-,24-,25+,26-,31+,33-,34-,37-,38-,40+,41-,42-/m1/s1. The lowest BCUT2D eigenvalue weighted by atomic mass is 9.76. The van der Waals surface area contributed by atoms with E-state index in [1.165, 1.54) is 33.0 Å². The highest BCUT2D eigenvalue weighted by molar-refractivity contribution is 6.00. The number of rotatable bonds is 8. The number of fused-ring (bicyclic) bond motifs is 5. The Labute approximate surface area is 365 Å². The fourth-order valence-electron chi connectivity index (χ4n) is 8.46. The molecule has 0 saturated carbocycles. The third kappa shape index (κ3) is 11.9. The number of oxime groups is 1. The largest absolute Gasteiger partial charge is 0.459 e. The number of halogens is 3. The fourth-order valence-corrected chi connectivity index (χ4v) is 8.46. The predicted molar refractivity (Wildman–Crippen MR) is 221 cm³/mol. The molecule has 3 aliphatic heterocycles. The molecule has 0 aliphatic carbocycles. The molecule has 2 bridgehead atoms. The van der Waals surface area contributed by atoms with Crippen LogP contribution in [0.3, 0.4) is 0 Å². The number of esters is 1. The number of aliphatic hydroxyl groups is 2. The number of ether oxygens (including phenoxy) is 5. The number of hydrogen-bond acceptors (Lipinski definition) is 15. The summed E-state index contributed by atoms with van der Waals surface area (Å²) in [6.07, 6.45) is -7.71. The number of ketones is 1. The van der Waals surface area contributed by atoms with Crippen molar-refractivity contribution in [1.29, 1.82) is 0 Å². The Hall–Kier alpha value is -4.18. The van der Waals surface area contributed by atoms with Crippen molar-refractivity contribution in [2.75, 3.05) is 27.3 Å². The summed E-state index contributed by atoms with van der Waals surface area (Å²) < 4.78 is 72.4. The summed E-state index contributed by atoms with van der Waals surface area (Å²) in [5, 5.41) is 31.8. The Balaban J connectivity index is 1.57. The molecule has 0 unspecified atom stereocenters. The number of amides is 1. The summed E-state index contributed by atoms with van der Waals surface area (Å²) >= 11 is 0. The van der Waals surface area contributed by atoms with E-state index in [4.69, 9.17) is 28.5 Å². The van der Waals surface area contributed by atoms with Crippen molar-refractivity contribution in [2.45, 2.75) is 148 Å². The van der Waals surface area contributed by atoms with Crippen LogP contribution in [0, 0.1) is 17.8 Å². The van der Waals surface area contributed by atoms with E-state index in [-0.39, 0.29) is 62.8 Å². The molecular formula is C43H61F3N6O11. The Bertz CT molecular complexity index is 1970. The first-order valence-corrected chi connectivity index (χ1v) is 21.2. The maximum absolute atomic E-state index is 14.5. The molecule has 2 aromatic heterocycles. The molecule has 5 rings (SSSR count). The van der Waals surface area contributed by atoms with E-state index in [9.17, 15) is 37.8 Å². The molecule has 3 saturated heterocycles. The van der Waals surface area contributed by atoms with Crippen LogP contribution in [0.25, 0.3) is 5.82 Å². The predicted octanol–water partition coefficient (Wildman–Crippen LogP) is 4.48. The quantitative estimate of drug-likeness (QED) is 0.213. The van der Waals surface area contributed by atoms with E-state index in [0.717, 1.165) is 16.9 Å². The van der Waals surface area contributed by atoms with Crippen LogP contribution in [0.4, 0.5) is 13.2 Å². The lowest BCUT2D eigenvalue weighted by Gasteiger charge is -2.47. The number of pyridine rings is 1. The summed E-state index contributed by atoms with van der Waals surface area (Å²) in [6.45, 7) is 12.2. The highest BCUT2D eigenvalue weighted by Crippen LogP contribution is 2.39. The topological polar surface area (TPSA) is 206 Å². The Morgan fingerprint density at radius 3 is 2.43 bits per heavy atom. The first-order chi connectivity index (χ1) is 29.4. The molecule has 1 amide bonds. The second-order valence-electron chi connectivity index (χ2n) is 17.5. The number of Topliss-reactive ketones (excluding diaryl/α,β-unsaturated/α-hetero) is 1. The number of hydrogen-bond donors (Lipinski definition) is 2. The molecule has 63 heavy (non-hydrogen) atoms. The fraction of sp³-hybridized carbons (Fsp3) is 0.698. The van der Waals surface area contributed by atoms with Gasteiger partial charge in [0, 0.05) is 49.0 Å². The van der Waals surface area contributed by atoms with Crippen LogP contribution in [-0.2, 0) is 55.7 Å². The monoisotopic (exact) mass is 894 g/mol. The van der Waals surface area contributed by atoms with Crippen molar-refractivity contribution in [3.8, 4) is 5.82 Å². The SMILES string of the molecule is CC[C@H]1OC(=O)[C@H](C)C(=O)[C@H](C)[C@@H](O[C@@H]2O[C@H](C)C[C@H](N(C)C)[C@H]2O)[C@@]2(C)C[C@@H](C)C(=NC(C)=O)C[C@@H](OC/C(=N/OCc3ccc(-n4ccc(C(F)(F)F)n4)nc3)CO2)[C@]1(C)O. The van der Waals surface area contributed by atoms with Crippen molar-refractivity contribution in [2.24, 2.45) is 27.9 Å². The molecule has 0 aromatic carbocycles. The molecule has 350 valence electrons. The molecule has 3 fully saturated rings. The molecule has 2 N–H and O–H groups in total. The summed E-state index contributed by atoms with van der Waals surface area (Å²) in [5.41, 5.74) is -3.39. The Kier molecular flexibility index (Phi) is 16.1. The van der Waals surface area contributed by atoms with Gasteiger partial charge in [0.1, 0.15) is 36.0 Å². The van der Waals surface area contributed by atoms with E-state index >= 15 is 0 Å². The number of aliphatic hydroxyl groups excluding tert-OH is 1. The Morgan fingerprint density at radius 1 is 1.11 bits per heavy atom. The van der Waals surface area contributed by atoms with Crippen LogP contribution >= 0.6 is 0 Å². The maximum atomic E-state index is 14.5. The number of carbonyl (C=O) groups is 3. The van der Waals surface area contributed by atoms with Crippen molar-refractivity contribution in [1.82, 2.24) is 19.7 Å². The zero-order valence-electron chi connectivity index (χ0n) is 37.5. The zero-order chi connectivity index (χ0) is 46.6. The molecule has 20 heteroatoms. The molecule has 17 nitrogen and oxygen atoms in total. The van der Waals surface area contributed by atoms with Gasteiger partial charge in [-0.05, 0) is 79.1 Å². The van der Waals surface area contributed by atoms with E-state index in [1.807, 2.05) is 32.8 Å². The third-order valence-electron chi connectivity index (χ3n) is 12.1. The number of aromatic nitrogens is 3. The maximum Gasteiger partial charge on any atom is 0.435 e. The smallest absolute Gasteiger partial charge is 0.435 e. The van der Waals surface area contributed by atoms with Crippen molar-refractivity contribution >= 4 is 29.1 Å². The summed E-state index contributed by atoms with van der Waals surface area (Å²) in [5.74, 6) is -4.74. The van der Waals surface area contributed by atoms with Gasteiger partial charge in [-0.3, -0.25) is 14.4 Å². The van der Waals surface area contributed by atoms with Crippen LogP contribution in [0.2, 0.25) is 0 Å². The highest BCUT2D eigenvalue weighted by atomic mass is 19.4. The first kappa shape index (κ1) is 49.8. The minimum Gasteiger partial charge on any atom is -0.459 e. The van der Waals surface area contributed by atoms with Crippen LogP contribution < -0.4 is 0 Å². The van der Waals surface area contributed by atoms with Gasteiger partial charge >= 0.3 is 12.1 Å². The lowest BCUT2D eigenvalue weighted by Crippen LogP contribution is -2.59. The zero-order valence-corrected chi connectivity index (χ0v) is 37.5. The van der Waals surface area contributed by atoms with Gasteiger partial charge in [0.25, 0.3) is 0 Å². The molecule has 0 radical (unpaired) electrons. The summed E-state index contributed by atoms with van der Waals surface area (Å²) in [7, 11) is 3.66. The van der Waals surface area contributed by atoms with Crippen molar-refractivity contribution in [3.63, 3.8) is 0 Å². The number of cyclic esters (lactones) is 1. The average molecular weight is 895 g/mol. The van der Waals surface area contributed by atoms with E-state index in [0.29, 0.717) is 17.7 Å². The number of aliphatic imine (C=N–C) groups is 1. The summed E-state index contributed by atoms with van der Waals surface area (Å²) in [4.78, 5) is 57.2. The van der Waals surface area contributed by atoms with Crippen LogP contribution in [0.1, 0.15) is 92.3 Å². The van der Waals surface area contributed by atoms with Gasteiger partial charge in [-0.15, -0.1) is 0 Å². The molecule has 2 aromatic rings. The molecule has 0 spiro atoms. The van der Waals surface area contributed by atoms with Gasteiger partial charge in [0.05, 0.1) is 37.1 Å². The van der Waals surface area contributed by atoms with Gasteiger partial charge in [0.2, 0.25) is 5.91 Å². The van der Waals surface area contributed by atoms with E-state index in [2.05, 4.69) is 20.2 Å². The van der Waals surface area contributed by atoms with E-state index < -0.39 is 89.2 Å². The normalized spacial score (nSPS) is 35.5. The van der Waals surface area contributed by atoms with Gasteiger partial charge in [-0.1, -0.05) is 32.0 Å². The molecule has 3 aliphatic rings. The lowest BCUT2D eigenvalue weighted by molar-refractivity contribution is -0.296. The van der Waals surface area contributed by atoms with Gasteiger partial charge < -0.3 is 43.6 Å². The average Bonchev–Trinajstić information content (AvgIpc) is 3.72. The molecule has 5 heterocycles. The van der Waals surface area contributed by atoms with Crippen LogP contribution in [0.5, 0.6) is 0 Å². The minimum atomic E-state index is -4.61. The number of alkyl halides is 3. The first-order valence-electron chi connectivity index (χ1n) is 21.2. The molecule has 12 atom stereocenters. The Morgan fingerprint density at radius 2 is 1.83 bits per heavy atom. The van der Waals surface area contributed by atoms with Crippen LogP contribution in [0.15, 0.2) is 40.7 Å². The summed E-state index contributed by atoms with van der Waals surface area (Å²) in [6, 6.07) is 3.53. The van der Waals surface area contributed by atoms with Gasteiger partial charge in [0.15, 0.2) is 23.6 Å². The second kappa shape index (κ2) is 20.3.